The van der Waals surface area contributed by atoms with Crippen LogP contribution in [0, 0.1) is 0 Å². The number of fused-ring (bicyclic) bond motifs is 1. The van der Waals surface area contributed by atoms with Gasteiger partial charge >= 0.3 is 0 Å². The van der Waals surface area contributed by atoms with E-state index in [0.29, 0.717) is 16.4 Å². The summed E-state index contributed by atoms with van der Waals surface area (Å²) in [7, 11) is 0. The number of benzene rings is 1. The monoisotopic (exact) mass is 339 g/mol. The van der Waals surface area contributed by atoms with Crippen molar-refractivity contribution in [1.29, 1.82) is 0 Å². The fraction of sp³-hybridized carbons (Fsp3) is 0. The van der Waals surface area contributed by atoms with E-state index in [1.807, 2.05) is 41.8 Å². The summed E-state index contributed by atoms with van der Waals surface area (Å²) in [5.74, 6) is 0. The second-order valence-corrected chi connectivity index (χ2v) is 6.25. The van der Waals surface area contributed by atoms with Crippen molar-refractivity contribution in [2.45, 2.75) is 0 Å². The molecule has 0 spiro atoms. The van der Waals surface area contributed by atoms with E-state index in [2.05, 4.69) is 15.0 Å². The number of aromatic nitrogens is 3. The van der Waals surface area contributed by atoms with Gasteiger partial charge in [0.05, 0.1) is 11.3 Å². The molecular weight excluding hydrogens is 330 g/mol. The summed E-state index contributed by atoms with van der Waals surface area (Å²) in [5.41, 5.74) is 2.77. The number of H-pyrrole nitrogens is 1. The van der Waals surface area contributed by atoms with Crippen molar-refractivity contribution in [3.8, 4) is 21.8 Å². The van der Waals surface area contributed by atoms with E-state index in [1.165, 1.54) is 11.3 Å². The number of thiazole rings is 1. The Morgan fingerprint density at radius 2 is 2.00 bits per heavy atom. The van der Waals surface area contributed by atoms with Gasteiger partial charge in [0, 0.05) is 22.7 Å². The average molecular weight is 340 g/mol. The Morgan fingerprint density at radius 3 is 2.83 bits per heavy atom. The van der Waals surface area contributed by atoms with Gasteiger partial charge in [-0.15, -0.1) is 11.3 Å². The molecule has 6 heteroatoms. The van der Waals surface area contributed by atoms with E-state index in [-0.39, 0.29) is 5.56 Å². The highest BCUT2D eigenvalue weighted by atomic mass is 35.5. The molecule has 0 aliphatic rings. The van der Waals surface area contributed by atoms with Crippen LogP contribution in [0.2, 0.25) is 5.15 Å². The summed E-state index contributed by atoms with van der Waals surface area (Å²) in [4.78, 5) is 23.8. The van der Waals surface area contributed by atoms with Crippen LogP contribution in [0.3, 0.4) is 0 Å². The molecule has 0 aliphatic carbocycles. The van der Waals surface area contributed by atoms with Gasteiger partial charge in [0.2, 0.25) is 0 Å². The molecule has 0 fully saturated rings. The third kappa shape index (κ3) is 2.65. The molecule has 4 nitrogen and oxygen atoms in total. The molecular formula is C17H10ClN3OS. The molecule has 0 bridgehead atoms. The number of hydrogen-bond donors (Lipinski definition) is 1. The number of nitrogens with one attached hydrogen (secondary N) is 1. The predicted molar refractivity (Wildman–Crippen MR) is 93.9 cm³/mol. The van der Waals surface area contributed by atoms with Crippen LogP contribution in [0.5, 0.6) is 0 Å². The lowest BCUT2D eigenvalue weighted by Gasteiger charge is -2.00. The quantitative estimate of drug-likeness (QED) is 0.552. The molecule has 4 aromatic rings. The Bertz CT molecular complexity index is 1050. The van der Waals surface area contributed by atoms with Crippen molar-refractivity contribution < 1.29 is 0 Å². The van der Waals surface area contributed by atoms with Crippen LogP contribution < -0.4 is 5.56 Å². The van der Waals surface area contributed by atoms with Crippen LogP contribution in [0.4, 0.5) is 0 Å². The van der Waals surface area contributed by atoms with Gasteiger partial charge < -0.3 is 4.98 Å². The molecule has 0 saturated carbocycles. The first kappa shape index (κ1) is 14.1. The van der Waals surface area contributed by atoms with Crippen molar-refractivity contribution in [1.82, 2.24) is 15.0 Å². The van der Waals surface area contributed by atoms with E-state index in [9.17, 15) is 4.79 Å². The summed E-state index contributed by atoms with van der Waals surface area (Å²) in [6.45, 7) is 0. The smallest absolute Gasteiger partial charge is 0.257 e. The maximum atomic E-state index is 12.3. The molecule has 3 aromatic heterocycles. The van der Waals surface area contributed by atoms with Crippen molar-refractivity contribution >= 4 is 33.8 Å². The van der Waals surface area contributed by atoms with Gasteiger partial charge in [0.15, 0.2) is 0 Å². The van der Waals surface area contributed by atoms with Crippen molar-refractivity contribution in [2.24, 2.45) is 0 Å². The van der Waals surface area contributed by atoms with Crippen molar-refractivity contribution in [2.75, 3.05) is 0 Å². The molecule has 23 heavy (non-hydrogen) atoms. The van der Waals surface area contributed by atoms with E-state index < -0.39 is 0 Å². The fourth-order valence-electron chi connectivity index (χ4n) is 2.37. The Labute approximate surface area is 140 Å². The van der Waals surface area contributed by atoms with Crippen molar-refractivity contribution in [3.63, 3.8) is 0 Å². The summed E-state index contributed by atoms with van der Waals surface area (Å²) < 4.78 is 0. The molecule has 0 radical (unpaired) electrons. The number of rotatable bonds is 2. The first-order valence-corrected chi connectivity index (χ1v) is 8.16. The number of aromatic amines is 1. The minimum absolute atomic E-state index is 0.144. The molecule has 0 saturated heterocycles. The number of nitrogens with zero attached hydrogens (tertiary/aromatic N) is 2. The van der Waals surface area contributed by atoms with Gasteiger partial charge in [-0.3, -0.25) is 4.79 Å². The number of pyridine rings is 2. The topological polar surface area (TPSA) is 58.6 Å². The summed E-state index contributed by atoms with van der Waals surface area (Å²) in [5, 5.41) is 4.10. The molecule has 4 rings (SSSR count). The standard InChI is InChI=1S/C17H10ClN3OS/c18-15-6-5-11(8-19-15)17-21-14(9-23-17)12-7-10-3-1-2-4-13(10)20-16(12)22/h1-9H,(H,20,22). The first-order valence-electron chi connectivity index (χ1n) is 6.90. The van der Waals surface area contributed by atoms with E-state index in [1.54, 1.807) is 12.3 Å². The normalized spacial score (nSPS) is 11.0. The first-order chi connectivity index (χ1) is 11.2. The Hall–Kier alpha value is -2.50. The largest absolute Gasteiger partial charge is 0.321 e. The molecule has 1 N–H and O–H groups in total. The molecule has 112 valence electrons. The van der Waals surface area contributed by atoms with Gasteiger partial charge in [-0.25, -0.2) is 9.97 Å². The second kappa shape index (κ2) is 5.61. The predicted octanol–water partition coefficient (Wildman–Crippen LogP) is 4.37. The van der Waals surface area contributed by atoms with Crippen LogP contribution in [-0.4, -0.2) is 15.0 Å². The Morgan fingerprint density at radius 1 is 1.13 bits per heavy atom. The lowest BCUT2D eigenvalue weighted by Crippen LogP contribution is -2.08. The minimum Gasteiger partial charge on any atom is -0.321 e. The van der Waals surface area contributed by atoms with E-state index in [0.717, 1.165) is 21.5 Å². The number of hydrogen-bond acceptors (Lipinski definition) is 4. The highest BCUT2D eigenvalue weighted by Crippen LogP contribution is 2.28. The maximum absolute atomic E-state index is 12.3. The van der Waals surface area contributed by atoms with Gasteiger partial charge in [0.25, 0.3) is 5.56 Å². The third-order valence-corrected chi connectivity index (χ3v) is 4.62. The van der Waals surface area contributed by atoms with Gasteiger partial charge in [-0.1, -0.05) is 29.8 Å². The summed E-state index contributed by atoms with van der Waals surface area (Å²) >= 11 is 7.27. The number of para-hydroxylation sites is 1. The zero-order chi connectivity index (χ0) is 15.8. The van der Waals surface area contributed by atoms with Crippen molar-refractivity contribution in [3.05, 3.63) is 69.5 Å². The molecule has 3 heterocycles. The molecule has 0 amide bonds. The zero-order valence-electron chi connectivity index (χ0n) is 11.8. The molecule has 0 atom stereocenters. The second-order valence-electron chi connectivity index (χ2n) is 5.01. The Kier molecular flexibility index (Phi) is 3.44. The van der Waals surface area contributed by atoms with Crippen LogP contribution in [0.15, 0.2) is 58.8 Å². The zero-order valence-corrected chi connectivity index (χ0v) is 13.4. The van der Waals surface area contributed by atoms with Crippen LogP contribution in [0.1, 0.15) is 0 Å². The number of halogens is 1. The molecule has 1 aromatic carbocycles. The highest BCUT2D eigenvalue weighted by Gasteiger charge is 2.11. The summed E-state index contributed by atoms with van der Waals surface area (Å²) in [6, 6.07) is 13.1. The highest BCUT2D eigenvalue weighted by molar-refractivity contribution is 7.13. The van der Waals surface area contributed by atoms with E-state index in [4.69, 9.17) is 11.6 Å². The van der Waals surface area contributed by atoms with Gasteiger partial charge in [-0.05, 0) is 29.7 Å². The van der Waals surface area contributed by atoms with Crippen LogP contribution in [0.25, 0.3) is 32.7 Å². The van der Waals surface area contributed by atoms with Crippen LogP contribution in [-0.2, 0) is 0 Å². The lowest BCUT2D eigenvalue weighted by atomic mass is 10.1. The van der Waals surface area contributed by atoms with Gasteiger partial charge in [-0.2, -0.15) is 0 Å². The third-order valence-electron chi connectivity index (χ3n) is 3.51. The average Bonchev–Trinajstić information content (AvgIpc) is 3.04. The molecule has 0 unspecified atom stereocenters. The lowest BCUT2D eigenvalue weighted by molar-refractivity contribution is 1.28. The van der Waals surface area contributed by atoms with Crippen LogP contribution >= 0.6 is 22.9 Å². The Balaban J connectivity index is 1.81. The van der Waals surface area contributed by atoms with E-state index >= 15 is 0 Å². The summed E-state index contributed by atoms with van der Waals surface area (Å²) in [6.07, 6.45) is 1.68. The van der Waals surface area contributed by atoms with Gasteiger partial charge in [0.1, 0.15) is 10.2 Å². The minimum atomic E-state index is -0.144. The maximum Gasteiger partial charge on any atom is 0.257 e. The fourth-order valence-corrected chi connectivity index (χ4v) is 3.29. The SMILES string of the molecule is O=c1[nH]c2ccccc2cc1-c1csc(-c2ccc(Cl)nc2)n1. The molecule has 0 aliphatic heterocycles.